The summed E-state index contributed by atoms with van der Waals surface area (Å²) in [5, 5.41) is 7.05. The van der Waals surface area contributed by atoms with Crippen LogP contribution in [0.15, 0.2) is 45.8 Å². The number of anilines is 1. The molecule has 1 saturated carbocycles. The Kier molecular flexibility index (Phi) is 4.87. The smallest absolute Gasteiger partial charge is 0.259 e. The van der Waals surface area contributed by atoms with E-state index < -0.39 is 0 Å². The third-order valence-electron chi connectivity index (χ3n) is 4.36. The minimum atomic E-state index is -0.371. The molecule has 3 aromatic rings. The van der Waals surface area contributed by atoms with Crippen LogP contribution >= 0.6 is 11.6 Å². The summed E-state index contributed by atoms with van der Waals surface area (Å²) in [6.45, 7) is -0.167. The van der Waals surface area contributed by atoms with E-state index in [0.29, 0.717) is 39.7 Å². The molecule has 1 aromatic carbocycles. The fraction of sp³-hybridized carbons (Fsp3) is 0.263. The molecule has 1 aliphatic carbocycles. The highest BCUT2D eigenvalue weighted by Gasteiger charge is 2.29. The number of aromatic nitrogens is 3. The Balaban J connectivity index is 1.49. The van der Waals surface area contributed by atoms with Crippen LogP contribution < -0.4 is 15.6 Å². The SMILES string of the molecule is COc1ccc(NC(=O)Cn2cc(-c3nc(C4CC4)no3)ccc2=O)cc1Cl. The highest BCUT2D eigenvalue weighted by molar-refractivity contribution is 6.32. The quantitative estimate of drug-likeness (QED) is 0.682. The number of halogens is 1. The Hall–Kier alpha value is -3.13. The Morgan fingerprint density at radius 3 is 2.89 bits per heavy atom. The largest absolute Gasteiger partial charge is 0.495 e. The number of nitrogens with one attached hydrogen (secondary N) is 1. The fourth-order valence-corrected chi connectivity index (χ4v) is 3.00. The predicted molar refractivity (Wildman–Crippen MR) is 103 cm³/mol. The van der Waals surface area contributed by atoms with Crippen LogP contribution in [0.2, 0.25) is 5.02 Å². The van der Waals surface area contributed by atoms with Gasteiger partial charge in [0.1, 0.15) is 12.3 Å². The van der Waals surface area contributed by atoms with Crippen LogP contribution in [0.3, 0.4) is 0 Å². The zero-order valence-electron chi connectivity index (χ0n) is 15.0. The Morgan fingerprint density at radius 2 is 2.18 bits per heavy atom. The highest BCUT2D eigenvalue weighted by atomic mass is 35.5. The fourth-order valence-electron chi connectivity index (χ4n) is 2.74. The second-order valence-corrected chi connectivity index (χ2v) is 6.92. The second kappa shape index (κ2) is 7.47. The van der Waals surface area contributed by atoms with Crippen LogP contribution in [0, 0.1) is 0 Å². The number of rotatable bonds is 6. The lowest BCUT2D eigenvalue weighted by Crippen LogP contribution is -2.26. The van der Waals surface area contributed by atoms with Crippen molar-refractivity contribution < 1.29 is 14.1 Å². The number of carbonyl (C=O) groups excluding carboxylic acids is 1. The lowest BCUT2D eigenvalue weighted by Gasteiger charge is -2.09. The number of methoxy groups -OCH3 is 1. The summed E-state index contributed by atoms with van der Waals surface area (Å²) < 4.78 is 11.6. The first-order valence-corrected chi connectivity index (χ1v) is 9.09. The van der Waals surface area contributed by atoms with E-state index in [2.05, 4.69) is 15.5 Å². The maximum Gasteiger partial charge on any atom is 0.259 e. The number of hydrogen-bond acceptors (Lipinski definition) is 6. The normalized spacial score (nSPS) is 13.4. The molecule has 1 amide bonds. The van der Waals surface area contributed by atoms with Gasteiger partial charge in [-0.15, -0.1) is 0 Å². The third kappa shape index (κ3) is 3.91. The molecule has 0 saturated heterocycles. The van der Waals surface area contributed by atoms with Gasteiger partial charge in [0, 0.05) is 23.9 Å². The molecule has 144 valence electrons. The molecule has 2 heterocycles. The van der Waals surface area contributed by atoms with Gasteiger partial charge in [0.2, 0.25) is 5.91 Å². The summed E-state index contributed by atoms with van der Waals surface area (Å²) in [6, 6.07) is 7.87. The molecule has 4 rings (SSSR count). The molecule has 1 fully saturated rings. The third-order valence-corrected chi connectivity index (χ3v) is 4.66. The first kappa shape index (κ1) is 18.2. The maximum absolute atomic E-state index is 12.4. The van der Waals surface area contributed by atoms with Gasteiger partial charge in [0.25, 0.3) is 11.4 Å². The topological polar surface area (TPSA) is 99.2 Å². The molecule has 0 bridgehead atoms. The highest BCUT2D eigenvalue weighted by Crippen LogP contribution is 2.38. The van der Waals surface area contributed by atoms with Crippen molar-refractivity contribution in [2.45, 2.75) is 25.3 Å². The van der Waals surface area contributed by atoms with E-state index in [4.69, 9.17) is 20.9 Å². The van der Waals surface area contributed by atoms with E-state index in [1.807, 2.05) is 0 Å². The van der Waals surface area contributed by atoms with Crippen LogP contribution in [0.5, 0.6) is 5.75 Å². The number of nitrogens with zero attached hydrogens (tertiary/aromatic N) is 3. The number of pyridine rings is 1. The zero-order chi connectivity index (χ0) is 19.7. The van der Waals surface area contributed by atoms with Crippen molar-refractivity contribution in [3.8, 4) is 17.2 Å². The number of benzene rings is 1. The van der Waals surface area contributed by atoms with Crippen LogP contribution in [0.1, 0.15) is 24.6 Å². The average Bonchev–Trinajstić information content (AvgIpc) is 3.41. The van der Waals surface area contributed by atoms with Crippen molar-refractivity contribution in [1.29, 1.82) is 0 Å². The van der Waals surface area contributed by atoms with E-state index in [1.54, 1.807) is 24.3 Å². The molecular formula is C19H17ClN4O4. The first-order chi connectivity index (χ1) is 13.5. The summed E-state index contributed by atoms with van der Waals surface area (Å²) in [6.07, 6.45) is 3.66. The Labute approximate surface area is 165 Å². The predicted octanol–water partition coefficient (Wildman–Crippen LogP) is 3.08. The standard InChI is InChI=1S/C19H17ClN4O4/c1-27-15-6-5-13(8-14(15)20)21-16(25)10-24-9-12(4-7-17(24)26)19-22-18(23-28-19)11-2-3-11/h4-9,11H,2-3,10H2,1H3,(H,21,25). The van der Waals surface area contributed by atoms with Gasteiger partial charge >= 0.3 is 0 Å². The van der Waals surface area contributed by atoms with E-state index >= 15 is 0 Å². The number of ether oxygens (including phenoxy) is 1. The molecular weight excluding hydrogens is 384 g/mol. The average molecular weight is 401 g/mol. The molecule has 9 heteroatoms. The van der Waals surface area contributed by atoms with Crippen LogP contribution in [-0.4, -0.2) is 27.7 Å². The summed E-state index contributed by atoms with van der Waals surface area (Å²) in [5.41, 5.74) is 0.777. The van der Waals surface area contributed by atoms with Gasteiger partial charge < -0.3 is 19.1 Å². The molecule has 1 aliphatic rings. The van der Waals surface area contributed by atoms with Gasteiger partial charge in [0.15, 0.2) is 5.82 Å². The molecule has 0 atom stereocenters. The zero-order valence-corrected chi connectivity index (χ0v) is 15.8. The van der Waals surface area contributed by atoms with Crippen molar-refractivity contribution >= 4 is 23.2 Å². The minimum Gasteiger partial charge on any atom is -0.495 e. The Bertz CT molecular complexity index is 1090. The van der Waals surface area contributed by atoms with Crippen molar-refractivity contribution in [2.75, 3.05) is 12.4 Å². The second-order valence-electron chi connectivity index (χ2n) is 6.51. The summed E-state index contributed by atoms with van der Waals surface area (Å²) in [5.74, 6) is 1.52. The van der Waals surface area contributed by atoms with E-state index in [9.17, 15) is 9.59 Å². The molecule has 28 heavy (non-hydrogen) atoms. The molecule has 1 N–H and O–H groups in total. The van der Waals surface area contributed by atoms with Gasteiger partial charge in [-0.2, -0.15) is 4.98 Å². The van der Waals surface area contributed by atoms with E-state index in [-0.39, 0.29) is 18.0 Å². The molecule has 2 aromatic heterocycles. The number of amides is 1. The first-order valence-electron chi connectivity index (χ1n) is 8.71. The monoisotopic (exact) mass is 400 g/mol. The molecule has 0 unspecified atom stereocenters. The summed E-state index contributed by atoms with van der Waals surface area (Å²) >= 11 is 6.06. The van der Waals surface area contributed by atoms with Crippen molar-refractivity contribution in [2.24, 2.45) is 0 Å². The Morgan fingerprint density at radius 1 is 1.36 bits per heavy atom. The van der Waals surface area contributed by atoms with Gasteiger partial charge in [-0.1, -0.05) is 16.8 Å². The number of hydrogen-bond donors (Lipinski definition) is 1. The summed E-state index contributed by atoms with van der Waals surface area (Å²) in [7, 11) is 1.51. The van der Waals surface area contributed by atoms with Crippen LogP contribution in [0.25, 0.3) is 11.5 Å². The van der Waals surface area contributed by atoms with Gasteiger partial charge in [-0.05, 0) is 37.1 Å². The van der Waals surface area contributed by atoms with E-state index in [1.165, 1.54) is 23.9 Å². The van der Waals surface area contributed by atoms with Gasteiger partial charge in [-0.25, -0.2) is 0 Å². The van der Waals surface area contributed by atoms with Crippen molar-refractivity contribution in [1.82, 2.24) is 14.7 Å². The summed E-state index contributed by atoms with van der Waals surface area (Å²) in [4.78, 5) is 28.8. The lowest BCUT2D eigenvalue weighted by molar-refractivity contribution is -0.116. The minimum absolute atomic E-state index is 0.167. The molecule has 8 nitrogen and oxygen atoms in total. The number of carbonyl (C=O) groups is 1. The van der Waals surface area contributed by atoms with E-state index in [0.717, 1.165) is 12.8 Å². The molecule has 0 aliphatic heterocycles. The van der Waals surface area contributed by atoms with Crippen molar-refractivity contribution in [3.63, 3.8) is 0 Å². The van der Waals surface area contributed by atoms with Gasteiger partial charge in [-0.3, -0.25) is 9.59 Å². The lowest BCUT2D eigenvalue weighted by atomic mass is 10.2. The van der Waals surface area contributed by atoms with Gasteiger partial charge in [0.05, 0.1) is 17.7 Å². The maximum atomic E-state index is 12.4. The van der Waals surface area contributed by atoms with Crippen LogP contribution in [0.4, 0.5) is 5.69 Å². The molecule has 0 spiro atoms. The van der Waals surface area contributed by atoms with Crippen molar-refractivity contribution in [3.05, 3.63) is 57.7 Å². The van der Waals surface area contributed by atoms with Crippen LogP contribution in [-0.2, 0) is 11.3 Å². The molecule has 0 radical (unpaired) electrons.